The fourth-order valence-corrected chi connectivity index (χ4v) is 2.59. The third kappa shape index (κ3) is 3.42. The van der Waals surface area contributed by atoms with Gasteiger partial charge in [-0.25, -0.2) is 4.79 Å². The molecule has 0 aliphatic rings. The quantitative estimate of drug-likeness (QED) is 0.824. The number of hydrogen-bond acceptors (Lipinski definition) is 4. The fourth-order valence-electron chi connectivity index (χ4n) is 2.59. The van der Waals surface area contributed by atoms with Crippen LogP contribution in [0.25, 0.3) is 0 Å². The summed E-state index contributed by atoms with van der Waals surface area (Å²) >= 11 is 0. The van der Waals surface area contributed by atoms with Crippen LogP contribution in [0.2, 0.25) is 0 Å². The molecule has 1 aromatic carbocycles. The molecule has 6 heteroatoms. The lowest BCUT2D eigenvalue weighted by Gasteiger charge is -2.11. The molecule has 0 unspecified atom stereocenters. The Bertz CT molecular complexity index is 778. The second kappa shape index (κ2) is 7.21. The summed E-state index contributed by atoms with van der Waals surface area (Å²) in [5.74, 6) is -0.202. The third-order valence-corrected chi connectivity index (χ3v) is 3.75. The molecule has 24 heavy (non-hydrogen) atoms. The summed E-state index contributed by atoms with van der Waals surface area (Å²) < 4.78 is 10.3. The van der Waals surface area contributed by atoms with Crippen molar-refractivity contribution in [1.82, 2.24) is 4.98 Å². The lowest BCUT2D eigenvalue weighted by atomic mass is 10.1. The zero-order chi connectivity index (χ0) is 17.9. The summed E-state index contributed by atoms with van der Waals surface area (Å²) in [5.41, 5.74) is 3.48. The first kappa shape index (κ1) is 17.6. The van der Waals surface area contributed by atoms with Gasteiger partial charge in [0.15, 0.2) is 0 Å². The van der Waals surface area contributed by atoms with E-state index in [2.05, 4.69) is 10.3 Å². The van der Waals surface area contributed by atoms with Gasteiger partial charge in [-0.2, -0.15) is 0 Å². The molecule has 1 amide bonds. The number of anilines is 1. The molecule has 0 fully saturated rings. The average molecular weight is 330 g/mol. The molecule has 1 heterocycles. The number of carbonyl (C=O) groups is 2. The number of H-pyrrole nitrogens is 1. The molecule has 2 rings (SSSR count). The number of rotatable bonds is 5. The minimum atomic E-state index is -0.434. The zero-order valence-electron chi connectivity index (χ0n) is 14.6. The highest BCUT2D eigenvalue weighted by Gasteiger charge is 2.23. The molecule has 2 aromatic rings. The van der Waals surface area contributed by atoms with Crippen LogP contribution >= 0.6 is 0 Å². The highest BCUT2D eigenvalue weighted by atomic mass is 16.5. The van der Waals surface area contributed by atoms with Crippen molar-refractivity contribution >= 4 is 17.6 Å². The maximum atomic E-state index is 12.6. The monoisotopic (exact) mass is 330 g/mol. The highest BCUT2D eigenvalue weighted by Crippen LogP contribution is 2.27. The SMILES string of the molecule is CCOC(=O)c1c(C)[nH]c(C(=O)Nc2cc(C)ccc2OC)c1C. The van der Waals surface area contributed by atoms with Gasteiger partial charge in [0, 0.05) is 5.69 Å². The second-order valence-electron chi connectivity index (χ2n) is 5.50. The first-order valence-corrected chi connectivity index (χ1v) is 7.71. The van der Waals surface area contributed by atoms with Crippen LogP contribution in [0.5, 0.6) is 5.75 Å². The topological polar surface area (TPSA) is 80.4 Å². The van der Waals surface area contributed by atoms with Crippen LogP contribution < -0.4 is 10.1 Å². The van der Waals surface area contributed by atoms with E-state index in [9.17, 15) is 9.59 Å². The average Bonchev–Trinajstić information content (AvgIpc) is 2.82. The van der Waals surface area contributed by atoms with Crippen molar-refractivity contribution in [2.75, 3.05) is 19.0 Å². The molecule has 0 saturated heterocycles. The minimum absolute atomic E-state index is 0.283. The molecule has 1 aromatic heterocycles. The number of aromatic nitrogens is 1. The van der Waals surface area contributed by atoms with Crippen molar-refractivity contribution < 1.29 is 19.1 Å². The zero-order valence-corrected chi connectivity index (χ0v) is 14.6. The number of carbonyl (C=O) groups excluding carboxylic acids is 2. The fraction of sp³-hybridized carbons (Fsp3) is 0.333. The van der Waals surface area contributed by atoms with E-state index in [0.717, 1.165) is 5.56 Å². The van der Waals surface area contributed by atoms with Gasteiger partial charge < -0.3 is 19.8 Å². The number of hydrogen-bond donors (Lipinski definition) is 2. The number of aryl methyl sites for hydroxylation is 2. The van der Waals surface area contributed by atoms with E-state index in [1.807, 2.05) is 19.1 Å². The number of methoxy groups -OCH3 is 1. The number of esters is 1. The maximum Gasteiger partial charge on any atom is 0.340 e. The summed E-state index contributed by atoms with van der Waals surface area (Å²) in [7, 11) is 1.54. The Balaban J connectivity index is 2.33. The van der Waals surface area contributed by atoms with Crippen molar-refractivity contribution in [3.8, 4) is 5.75 Å². The molecule has 6 nitrogen and oxygen atoms in total. The molecule has 2 N–H and O–H groups in total. The van der Waals surface area contributed by atoms with Gasteiger partial charge in [0.1, 0.15) is 11.4 Å². The van der Waals surface area contributed by atoms with Gasteiger partial charge in [0.2, 0.25) is 0 Å². The molecular weight excluding hydrogens is 308 g/mol. The van der Waals surface area contributed by atoms with E-state index < -0.39 is 5.97 Å². The summed E-state index contributed by atoms with van der Waals surface area (Å²) in [4.78, 5) is 27.6. The summed E-state index contributed by atoms with van der Waals surface area (Å²) in [6.07, 6.45) is 0. The molecule has 0 aliphatic carbocycles. The lowest BCUT2D eigenvalue weighted by molar-refractivity contribution is 0.0525. The predicted octanol–water partition coefficient (Wildman–Crippen LogP) is 3.38. The predicted molar refractivity (Wildman–Crippen MR) is 91.9 cm³/mol. The van der Waals surface area contributed by atoms with Crippen LogP contribution in [0.4, 0.5) is 5.69 Å². The Morgan fingerprint density at radius 2 is 1.92 bits per heavy atom. The van der Waals surface area contributed by atoms with E-state index in [1.54, 1.807) is 33.9 Å². The van der Waals surface area contributed by atoms with Crippen molar-refractivity contribution in [1.29, 1.82) is 0 Å². The van der Waals surface area contributed by atoms with Gasteiger partial charge in [0.05, 0.1) is 25.0 Å². The Labute approximate surface area is 141 Å². The summed E-state index contributed by atoms with van der Waals surface area (Å²) in [5, 5.41) is 2.82. The molecule has 0 radical (unpaired) electrons. The van der Waals surface area contributed by atoms with Crippen molar-refractivity contribution in [3.63, 3.8) is 0 Å². The number of benzene rings is 1. The molecule has 0 saturated carbocycles. The van der Waals surface area contributed by atoms with E-state index >= 15 is 0 Å². The van der Waals surface area contributed by atoms with E-state index in [4.69, 9.17) is 9.47 Å². The first-order valence-electron chi connectivity index (χ1n) is 7.71. The van der Waals surface area contributed by atoms with Gasteiger partial charge in [-0.15, -0.1) is 0 Å². The molecule has 128 valence electrons. The van der Waals surface area contributed by atoms with Gasteiger partial charge in [-0.1, -0.05) is 6.07 Å². The van der Waals surface area contributed by atoms with Crippen LogP contribution in [0.15, 0.2) is 18.2 Å². The van der Waals surface area contributed by atoms with Gasteiger partial charge >= 0.3 is 5.97 Å². The molecule has 0 bridgehead atoms. The number of nitrogens with one attached hydrogen (secondary N) is 2. The van der Waals surface area contributed by atoms with Crippen molar-refractivity contribution in [2.45, 2.75) is 27.7 Å². The largest absolute Gasteiger partial charge is 0.495 e. The molecule has 0 atom stereocenters. The summed E-state index contributed by atoms with van der Waals surface area (Å²) in [6, 6.07) is 5.52. The van der Waals surface area contributed by atoms with E-state index in [1.165, 1.54) is 0 Å². The third-order valence-electron chi connectivity index (χ3n) is 3.75. The number of aromatic amines is 1. The Hall–Kier alpha value is -2.76. The summed E-state index contributed by atoms with van der Waals surface area (Å²) in [6.45, 7) is 7.41. The number of amides is 1. The van der Waals surface area contributed by atoms with E-state index in [-0.39, 0.29) is 12.5 Å². The normalized spacial score (nSPS) is 10.4. The highest BCUT2D eigenvalue weighted by molar-refractivity contribution is 6.07. The molecule has 0 spiro atoms. The Kier molecular flexibility index (Phi) is 5.28. The van der Waals surface area contributed by atoms with Crippen LogP contribution in [0.1, 0.15) is 44.6 Å². The molecule has 0 aliphatic heterocycles. The molecular formula is C18H22N2O4. The van der Waals surface area contributed by atoms with Crippen molar-refractivity contribution in [3.05, 3.63) is 46.3 Å². The Morgan fingerprint density at radius 3 is 2.54 bits per heavy atom. The number of ether oxygens (including phenoxy) is 2. The lowest BCUT2D eigenvalue weighted by Crippen LogP contribution is -2.15. The Morgan fingerprint density at radius 1 is 1.21 bits per heavy atom. The van der Waals surface area contributed by atoms with Gasteiger partial charge in [-0.05, 0) is 51.0 Å². The van der Waals surface area contributed by atoms with Gasteiger partial charge in [-0.3, -0.25) is 4.79 Å². The van der Waals surface area contributed by atoms with Crippen LogP contribution in [0, 0.1) is 20.8 Å². The first-order chi connectivity index (χ1) is 11.4. The smallest absolute Gasteiger partial charge is 0.340 e. The maximum absolute atomic E-state index is 12.6. The van der Waals surface area contributed by atoms with Crippen LogP contribution in [-0.4, -0.2) is 30.6 Å². The standard InChI is InChI=1S/C18H22N2O4/c1-6-24-18(22)15-11(3)16(19-12(15)4)17(21)20-13-9-10(2)7-8-14(13)23-5/h7-9,19H,6H2,1-5H3,(H,20,21). The van der Waals surface area contributed by atoms with E-state index in [0.29, 0.717) is 34.0 Å². The van der Waals surface area contributed by atoms with Crippen LogP contribution in [0.3, 0.4) is 0 Å². The second-order valence-corrected chi connectivity index (χ2v) is 5.50. The minimum Gasteiger partial charge on any atom is -0.495 e. The van der Waals surface area contributed by atoms with Crippen LogP contribution in [-0.2, 0) is 4.74 Å². The van der Waals surface area contributed by atoms with Gasteiger partial charge in [0.25, 0.3) is 5.91 Å². The van der Waals surface area contributed by atoms with Crippen molar-refractivity contribution in [2.24, 2.45) is 0 Å².